The summed E-state index contributed by atoms with van der Waals surface area (Å²) in [5.41, 5.74) is 1.01. The quantitative estimate of drug-likeness (QED) is 0.936. The van der Waals surface area contributed by atoms with Crippen LogP contribution in [0.2, 0.25) is 0 Å². The summed E-state index contributed by atoms with van der Waals surface area (Å²) in [7, 11) is 0. The molecule has 1 aromatic heterocycles. The van der Waals surface area contributed by atoms with Gasteiger partial charge in [0.25, 0.3) is 0 Å². The Morgan fingerprint density at radius 2 is 1.86 bits per heavy atom. The summed E-state index contributed by atoms with van der Waals surface area (Å²) in [6.45, 7) is 3.59. The summed E-state index contributed by atoms with van der Waals surface area (Å²) in [6.07, 6.45) is 7.13. The average molecular weight is 282 g/mol. The Morgan fingerprint density at radius 1 is 1.05 bits per heavy atom. The number of hydrogen-bond acceptors (Lipinski definition) is 4. The lowest BCUT2D eigenvalue weighted by Gasteiger charge is -2.32. The van der Waals surface area contributed by atoms with Gasteiger partial charge >= 0.3 is 0 Å². The van der Waals surface area contributed by atoms with Crippen molar-refractivity contribution in [3.8, 4) is 0 Å². The summed E-state index contributed by atoms with van der Waals surface area (Å²) in [5.74, 6) is 1.75. The third-order valence-electron chi connectivity index (χ3n) is 4.81. The molecule has 1 aliphatic carbocycles. The molecule has 2 aliphatic rings. The number of anilines is 1. The SMILES string of the molecule is c1ccc2c(NCC3CCN(C4CC4)CC3)ncnc2c1. The van der Waals surface area contributed by atoms with Gasteiger partial charge in [-0.05, 0) is 56.8 Å². The van der Waals surface area contributed by atoms with Crippen LogP contribution in [0, 0.1) is 5.92 Å². The maximum absolute atomic E-state index is 4.41. The molecular formula is C17H22N4. The standard InChI is InChI=1S/C17H22N4/c1-2-4-16-15(3-1)17(20-12-19-16)18-11-13-7-9-21(10-8-13)14-5-6-14/h1-4,12-14H,5-11H2,(H,18,19,20). The van der Waals surface area contributed by atoms with Gasteiger partial charge in [0.15, 0.2) is 0 Å². The number of benzene rings is 1. The lowest BCUT2D eigenvalue weighted by Crippen LogP contribution is -2.37. The number of hydrogen-bond donors (Lipinski definition) is 1. The lowest BCUT2D eigenvalue weighted by atomic mass is 9.96. The van der Waals surface area contributed by atoms with Crippen LogP contribution in [0.5, 0.6) is 0 Å². The molecule has 4 heteroatoms. The molecule has 2 fully saturated rings. The number of fused-ring (bicyclic) bond motifs is 1. The molecule has 2 heterocycles. The van der Waals surface area contributed by atoms with Crippen LogP contribution in [0.3, 0.4) is 0 Å². The van der Waals surface area contributed by atoms with Gasteiger partial charge in [-0.25, -0.2) is 9.97 Å². The van der Waals surface area contributed by atoms with Gasteiger partial charge in [-0.15, -0.1) is 0 Å². The van der Waals surface area contributed by atoms with E-state index in [2.05, 4.69) is 26.3 Å². The van der Waals surface area contributed by atoms with Crippen molar-refractivity contribution in [3.05, 3.63) is 30.6 Å². The van der Waals surface area contributed by atoms with E-state index < -0.39 is 0 Å². The number of nitrogens with zero attached hydrogens (tertiary/aromatic N) is 3. The molecule has 4 nitrogen and oxygen atoms in total. The van der Waals surface area contributed by atoms with Crippen molar-refractivity contribution in [2.45, 2.75) is 31.7 Å². The molecule has 0 unspecified atom stereocenters. The molecule has 0 radical (unpaired) electrons. The van der Waals surface area contributed by atoms with E-state index in [1.165, 1.54) is 38.8 Å². The van der Waals surface area contributed by atoms with Gasteiger partial charge in [-0.1, -0.05) is 12.1 Å². The molecular weight excluding hydrogens is 260 g/mol. The van der Waals surface area contributed by atoms with Gasteiger partial charge in [-0.3, -0.25) is 0 Å². The van der Waals surface area contributed by atoms with Crippen molar-refractivity contribution in [2.24, 2.45) is 5.92 Å². The zero-order valence-electron chi connectivity index (χ0n) is 12.3. The maximum atomic E-state index is 4.41. The van der Waals surface area contributed by atoms with Gasteiger partial charge < -0.3 is 10.2 Å². The van der Waals surface area contributed by atoms with E-state index in [9.17, 15) is 0 Å². The number of aromatic nitrogens is 2. The van der Waals surface area contributed by atoms with E-state index >= 15 is 0 Å². The van der Waals surface area contributed by atoms with Crippen molar-refractivity contribution >= 4 is 16.7 Å². The van der Waals surface area contributed by atoms with Crippen LogP contribution in [0.25, 0.3) is 10.9 Å². The monoisotopic (exact) mass is 282 g/mol. The molecule has 21 heavy (non-hydrogen) atoms. The summed E-state index contributed by atoms with van der Waals surface area (Å²) in [5, 5.41) is 4.67. The first-order chi connectivity index (χ1) is 10.4. The Hall–Kier alpha value is -1.68. The first kappa shape index (κ1) is 13.0. The molecule has 1 aromatic carbocycles. The van der Waals surface area contributed by atoms with Crippen LogP contribution in [-0.2, 0) is 0 Å². The van der Waals surface area contributed by atoms with Crippen molar-refractivity contribution < 1.29 is 0 Å². The molecule has 0 spiro atoms. The molecule has 0 atom stereocenters. The second-order valence-corrected chi connectivity index (χ2v) is 6.33. The maximum Gasteiger partial charge on any atom is 0.137 e. The number of rotatable bonds is 4. The van der Waals surface area contributed by atoms with E-state index in [1.54, 1.807) is 6.33 Å². The molecule has 1 saturated heterocycles. The van der Waals surface area contributed by atoms with Crippen LogP contribution in [0.4, 0.5) is 5.82 Å². The van der Waals surface area contributed by atoms with Crippen molar-refractivity contribution in [3.63, 3.8) is 0 Å². The van der Waals surface area contributed by atoms with Gasteiger partial charge in [0.1, 0.15) is 12.1 Å². The normalized spacial score (nSPS) is 20.8. The Bertz CT molecular complexity index is 610. The number of likely N-dealkylation sites (tertiary alicyclic amines) is 1. The van der Waals surface area contributed by atoms with Crippen LogP contribution >= 0.6 is 0 Å². The molecule has 1 aliphatic heterocycles. The van der Waals surface area contributed by atoms with Crippen LogP contribution in [0.15, 0.2) is 30.6 Å². The second-order valence-electron chi connectivity index (χ2n) is 6.33. The van der Waals surface area contributed by atoms with E-state index in [0.29, 0.717) is 0 Å². The molecule has 4 rings (SSSR count). The minimum Gasteiger partial charge on any atom is -0.369 e. The molecule has 1 N–H and O–H groups in total. The summed E-state index contributed by atoms with van der Waals surface area (Å²) in [4.78, 5) is 11.4. The van der Waals surface area contributed by atoms with E-state index in [4.69, 9.17) is 0 Å². The number of nitrogens with one attached hydrogen (secondary N) is 1. The van der Waals surface area contributed by atoms with Gasteiger partial charge in [0, 0.05) is 18.0 Å². The van der Waals surface area contributed by atoms with Crippen LogP contribution in [-0.4, -0.2) is 40.5 Å². The zero-order chi connectivity index (χ0) is 14.1. The minimum atomic E-state index is 0.772. The molecule has 110 valence electrons. The second kappa shape index (κ2) is 5.60. The number of para-hydroxylation sites is 1. The zero-order valence-corrected chi connectivity index (χ0v) is 12.3. The van der Waals surface area contributed by atoms with Crippen LogP contribution in [0.1, 0.15) is 25.7 Å². The highest BCUT2D eigenvalue weighted by Gasteiger charge is 2.31. The summed E-state index contributed by atoms with van der Waals surface area (Å²) >= 11 is 0. The molecule has 0 amide bonds. The van der Waals surface area contributed by atoms with Crippen molar-refractivity contribution in [2.75, 3.05) is 25.0 Å². The number of piperidine rings is 1. The largest absolute Gasteiger partial charge is 0.369 e. The van der Waals surface area contributed by atoms with E-state index in [-0.39, 0.29) is 0 Å². The topological polar surface area (TPSA) is 41.0 Å². The molecule has 2 aromatic rings. The Morgan fingerprint density at radius 3 is 2.67 bits per heavy atom. The van der Waals surface area contributed by atoms with E-state index in [1.807, 2.05) is 18.2 Å². The predicted octanol–water partition coefficient (Wildman–Crippen LogP) is 2.92. The summed E-state index contributed by atoms with van der Waals surface area (Å²) < 4.78 is 0. The fraction of sp³-hybridized carbons (Fsp3) is 0.529. The highest BCUT2D eigenvalue weighted by atomic mass is 15.2. The first-order valence-electron chi connectivity index (χ1n) is 8.08. The smallest absolute Gasteiger partial charge is 0.137 e. The van der Waals surface area contributed by atoms with Gasteiger partial charge in [-0.2, -0.15) is 0 Å². The fourth-order valence-electron chi connectivity index (χ4n) is 3.35. The van der Waals surface area contributed by atoms with Gasteiger partial charge in [0.05, 0.1) is 5.52 Å². The predicted molar refractivity (Wildman–Crippen MR) is 85.3 cm³/mol. The first-order valence-corrected chi connectivity index (χ1v) is 8.08. The summed E-state index contributed by atoms with van der Waals surface area (Å²) in [6, 6.07) is 9.12. The Balaban J connectivity index is 1.37. The van der Waals surface area contributed by atoms with Crippen LogP contribution < -0.4 is 5.32 Å². The molecule has 0 bridgehead atoms. The third-order valence-corrected chi connectivity index (χ3v) is 4.81. The highest BCUT2D eigenvalue weighted by Crippen LogP contribution is 2.31. The third kappa shape index (κ3) is 2.86. The average Bonchev–Trinajstić information content (AvgIpc) is 3.38. The fourth-order valence-corrected chi connectivity index (χ4v) is 3.35. The minimum absolute atomic E-state index is 0.772. The molecule has 1 saturated carbocycles. The lowest BCUT2D eigenvalue weighted by molar-refractivity contribution is 0.181. The van der Waals surface area contributed by atoms with E-state index in [0.717, 1.165) is 35.2 Å². The Labute approximate surface area is 125 Å². The highest BCUT2D eigenvalue weighted by molar-refractivity contribution is 5.88. The van der Waals surface area contributed by atoms with Gasteiger partial charge in [0.2, 0.25) is 0 Å². The van der Waals surface area contributed by atoms with Crippen molar-refractivity contribution in [1.82, 2.24) is 14.9 Å². The Kier molecular flexibility index (Phi) is 3.47. The van der Waals surface area contributed by atoms with Crippen molar-refractivity contribution in [1.29, 1.82) is 0 Å².